The summed E-state index contributed by atoms with van der Waals surface area (Å²) >= 11 is 0. The van der Waals surface area contributed by atoms with E-state index in [-0.39, 0.29) is 0 Å². The first kappa shape index (κ1) is 19.8. The second-order valence-electron chi connectivity index (χ2n) is 6.56. The second-order valence-corrected chi connectivity index (χ2v) is 6.56. The van der Waals surface area contributed by atoms with Crippen LogP contribution in [0.2, 0.25) is 0 Å². The highest BCUT2D eigenvalue weighted by Gasteiger charge is 2.07. The Hall–Kier alpha value is -2.96. The van der Waals surface area contributed by atoms with Gasteiger partial charge in [-0.3, -0.25) is 4.99 Å². The van der Waals surface area contributed by atoms with Crippen molar-refractivity contribution in [2.45, 2.75) is 26.3 Å². The van der Waals surface area contributed by atoms with Gasteiger partial charge >= 0.3 is 0 Å². The second kappa shape index (κ2) is 9.30. The van der Waals surface area contributed by atoms with Gasteiger partial charge in [0.1, 0.15) is 17.5 Å². The molecule has 0 spiro atoms. The molecule has 7 heteroatoms. The molecule has 148 valence electrons. The molecule has 3 rings (SSSR count). The van der Waals surface area contributed by atoms with E-state index >= 15 is 0 Å². The van der Waals surface area contributed by atoms with Crippen LogP contribution in [0.5, 0.6) is 0 Å². The third-order valence-corrected chi connectivity index (χ3v) is 4.61. The summed E-state index contributed by atoms with van der Waals surface area (Å²) in [6.45, 7) is 4.07. The first-order valence-electron chi connectivity index (χ1n) is 9.39. The van der Waals surface area contributed by atoms with Crippen molar-refractivity contribution in [3.05, 3.63) is 65.5 Å². The largest absolute Gasteiger partial charge is 0.356 e. The lowest BCUT2D eigenvalue weighted by molar-refractivity contribution is 0.582. The third-order valence-electron chi connectivity index (χ3n) is 4.61. The molecule has 0 bridgehead atoms. The van der Waals surface area contributed by atoms with E-state index in [4.69, 9.17) is 0 Å². The van der Waals surface area contributed by atoms with Crippen LogP contribution >= 0.6 is 0 Å². The van der Waals surface area contributed by atoms with E-state index in [9.17, 15) is 8.78 Å². The molecule has 1 aromatic heterocycles. The van der Waals surface area contributed by atoms with E-state index in [1.165, 1.54) is 6.07 Å². The standard InChI is InChI=1S/C21H25F2N5/c1-15-27-19-6-3-4-7-20(19)28(15)13-5-11-25-21(24-2)26-12-10-16-14-17(22)8-9-18(16)23/h3-4,6-9,14H,5,10-13H2,1-2H3,(H2,24,25,26). The summed E-state index contributed by atoms with van der Waals surface area (Å²) in [5.74, 6) is 0.820. The molecule has 1 heterocycles. The SMILES string of the molecule is CN=C(NCCCn1c(C)nc2ccccc21)NCCc1cc(F)ccc1F. The van der Waals surface area contributed by atoms with Crippen molar-refractivity contribution in [1.82, 2.24) is 20.2 Å². The van der Waals surface area contributed by atoms with Crippen LogP contribution in [0.1, 0.15) is 17.8 Å². The van der Waals surface area contributed by atoms with E-state index in [0.717, 1.165) is 48.5 Å². The van der Waals surface area contributed by atoms with Crippen molar-refractivity contribution < 1.29 is 8.78 Å². The highest BCUT2D eigenvalue weighted by atomic mass is 19.1. The van der Waals surface area contributed by atoms with Gasteiger partial charge in [-0.1, -0.05) is 12.1 Å². The van der Waals surface area contributed by atoms with Crippen LogP contribution < -0.4 is 10.6 Å². The maximum Gasteiger partial charge on any atom is 0.190 e. The fourth-order valence-electron chi connectivity index (χ4n) is 3.19. The predicted octanol–water partition coefficient (Wildman–Crippen LogP) is 3.42. The van der Waals surface area contributed by atoms with Crippen molar-refractivity contribution in [1.29, 1.82) is 0 Å². The molecule has 0 radical (unpaired) electrons. The van der Waals surface area contributed by atoms with Crippen molar-refractivity contribution in [2.24, 2.45) is 4.99 Å². The van der Waals surface area contributed by atoms with Gasteiger partial charge in [0.25, 0.3) is 0 Å². The van der Waals surface area contributed by atoms with Crippen molar-refractivity contribution >= 4 is 17.0 Å². The van der Waals surface area contributed by atoms with Gasteiger partial charge < -0.3 is 15.2 Å². The molecule has 0 atom stereocenters. The lowest BCUT2D eigenvalue weighted by Gasteiger charge is -2.13. The number of benzene rings is 2. The van der Waals surface area contributed by atoms with Gasteiger partial charge in [-0.15, -0.1) is 0 Å². The minimum Gasteiger partial charge on any atom is -0.356 e. The Balaban J connectivity index is 1.44. The molecule has 2 N–H and O–H groups in total. The predicted molar refractivity (Wildman–Crippen MR) is 109 cm³/mol. The van der Waals surface area contributed by atoms with E-state index in [0.29, 0.717) is 24.5 Å². The number of aromatic nitrogens is 2. The van der Waals surface area contributed by atoms with Gasteiger partial charge in [-0.2, -0.15) is 0 Å². The van der Waals surface area contributed by atoms with E-state index in [1.54, 1.807) is 7.05 Å². The van der Waals surface area contributed by atoms with E-state index < -0.39 is 11.6 Å². The quantitative estimate of drug-likeness (QED) is 0.372. The van der Waals surface area contributed by atoms with E-state index in [2.05, 4.69) is 31.2 Å². The minimum atomic E-state index is -0.429. The number of nitrogens with zero attached hydrogens (tertiary/aromatic N) is 3. The summed E-state index contributed by atoms with van der Waals surface area (Å²) in [6.07, 6.45) is 1.28. The number of aliphatic imine (C=N–C) groups is 1. The van der Waals surface area contributed by atoms with Crippen LogP contribution in [0, 0.1) is 18.6 Å². The Labute approximate surface area is 163 Å². The zero-order chi connectivity index (χ0) is 19.9. The molecule has 0 amide bonds. The summed E-state index contributed by atoms with van der Waals surface area (Å²) < 4.78 is 29.1. The molecule has 0 saturated heterocycles. The number of halogens is 2. The Morgan fingerprint density at radius 1 is 1.11 bits per heavy atom. The van der Waals surface area contributed by atoms with Gasteiger partial charge in [0.15, 0.2) is 5.96 Å². The van der Waals surface area contributed by atoms with Crippen molar-refractivity contribution in [3.63, 3.8) is 0 Å². The molecule has 0 fully saturated rings. The van der Waals surface area contributed by atoms with Gasteiger partial charge in [-0.25, -0.2) is 13.8 Å². The van der Waals surface area contributed by atoms with Crippen LogP contribution in [-0.4, -0.2) is 35.6 Å². The fourth-order valence-corrected chi connectivity index (χ4v) is 3.19. The van der Waals surface area contributed by atoms with Gasteiger partial charge in [0, 0.05) is 26.7 Å². The molecule has 2 aromatic carbocycles. The lowest BCUT2D eigenvalue weighted by Crippen LogP contribution is -2.39. The average Bonchev–Trinajstić information content (AvgIpc) is 3.01. The number of guanidine groups is 1. The summed E-state index contributed by atoms with van der Waals surface area (Å²) in [7, 11) is 1.69. The monoisotopic (exact) mass is 385 g/mol. The number of imidazole rings is 1. The normalized spacial score (nSPS) is 11.8. The maximum absolute atomic E-state index is 13.7. The molecule has 0 aliphatic rings. The zero-order valence-corrected chi connectivity index (χ0v) is 16.2. The van der Waals surface area contributed by atoms with Crippen molar-refractivity contribution in [2.75, 3.05) is 20.1 Å². The van der Waals surface area contributed by atoms with E-state index in [1.807, 2.05) is 25.1 Å². The Morgan fingerprint density at radius 3 is 2.71 bits per heavy atom. The number of rotatable bonds is 7. The maximum atomic E-state index is 13.7. The first-order chi connectivity index (χ1) is 13.6. The Morgan fingerprint density at radius 2 is 1.89 bits per heavy atom. The van der Waals surface area contributed by atoms with Gasteiger partial charge in [0.05, 0.1) is 11.0 Å². The minimum absolute atomic E-state index is 0.352. The Kier molecular flexibility index (Phi) is 6.57. The molecule has 0 unspecified atom stereocenters. The number of fused-ring (bicyclic) bond motifs is 1. The van der Waals surface area contributed by atoms with Crippen LogP contribution in [0.4, 0.5) is 8.78 Å². The zero-order valence-electron chi connectivity index (χ0n) is 16.2. The van der Waals surface area contributed by atoms with Crippen molar-refractivity contribution in [3.8, 4) is 0 Å². The summed E-state index contributed by atoms with van der Waals surface area (Å²) in [5, 5.41) is 6.38. The third kappa shape index (κ3) is 4.85. The summed E-state index contributed by atoms with van der Waals surface area (Å²) in [6, 6.07) is 11.6. The highest BCUT2D eigenvalue weighted by Crippen LogP contribution is 2.15. The molecular formula is C21H25F2N5. The van der Waals surface area contributed by atoms with Crippen LogP contribution in [-0.2, 0) is 13.0 Å². The molecule has 5 nitrogen and oxygen atoms in total. The van der Waals surface area contributed by atoms with Gasteiger partial charge in [-0.05, 0) is 55.7 Å². The molecule has 28 heavy (non-hydrogen) atoms. The van der Waals surface area contributed by atoms with Crippen LogP contribution in [0.3, 0.4) is 0 Å². The van der Waals surface area contributed by atoms with Gasteiger partial charge in [0.2, 0.25) is 0 Å². The van der Waals surface area contributed by atoms with Crippen LogP contribution in [0.25, 0.3) is 11.0 Å². The Bertz CT molecular complexity index is 965. The number of nitrogens with one attached hydrogen (secondary N) is 2. The molecular weight excluding hydrogens is 360 g/mol. The number of aryl methyl sites for hydroxylation is 2. The number of hydrogen-bond acceptors (Lipinski definition) is 2. The molecule has 3 aromatic rings. The topological polar surface area (TPSA) is 54.2 Å². The fraction of sp³-hybridized carbons (Fsp3) is 0.333. The molecule has 0 aliphatic carbocycles. The summed E-state index contributed by atoms with van der Waals surface area (Å²) in [4.78, 5) is 8.74. The highest BCUT2D eigenvalue weighted by molar-refractivity contribution is 5.79. The summed E-state index contributed by atoms with van der Waals surface area (Å²) in [5.41, 5.74) is 2.50. The molecule has 0 aliphatic heterocycles. The molecule has 0 saturated carbocycles. The number of hydrogen-bond donors (Lipinski definition) is 2. The number of para-hydroxylation sites is 2. The average molecular weight is 385 g/mol. The smallest absolute Gasteiger partial charge is 0.190 e. The van der Waals surface area contributed by atoms with Crippen LogP contribution in [0.15, 0.2) is 47.5 Å². The first-order valence-corrected chi connectivity index (χ1v) is 9.39. The lowest BCUT2D eigenvalue weighted by atomic mass is 10.1.